The molecule has 0 spiro atoms. The zero-order chi connectivity index (χ0) is 45.9. The molecule has 344 valence electrons. The zero-order valence-corrected chi connectivity index (χ0v) is 39.0. The van der Waals surface area contributed by atoms with Gasteiger partial charge in [-0.2, -0.15) is 0 Å². The standard InChI is InChI=1S/C26H29ClN6O3.C21H21ClN6O.ClH/c1-26(2,3)36-25(35)31-19-8-6-17(7-9-19)23(34)33-13-10-20(11-14-33)30-24-29-16-21(27)22(32-24)18-5-4-12-28-15-18;22-18-13-25-21(27-19(18)15-2-1-9-24-12-15)26-17-7-10-28(11-8-17)20(29)14-3-5-16(23)6-4-14;/h4-9,12,15-16,20H,10-11,13-14H2,1-3H3,(H,31,35)(H,29,30,32);1-6,9,12-13,17H,7-8,10-11,23H2,(H,25,26,27);1H. The molecule has 0 atom stereocenters. The molecule has 0 bridgehead atoms. The van der Waals surface area contributed by atoms with Gasteiger partial charge in [0, 0.05) is 96.7 Å². The lowest BCUT2D eigenvalue weighted by molar-refractivity contribution is 0.0634. The van der Waals surface area contributed by atoms with Crippen molar-refractivity contribution in [2.75, 3.05) is 47.9 Å². The predicted octanol–water partition coefficient (Wildman–Crippen LogP) is 9.17. The summed E-state index contributed by atoms with van der Waals surface area (Å²) in [6.45, 7) is 7.96. The van der Waals surface area contributed by atoms with Gasteiger partial charge >= 0.3 is 6.09 Å². The van der Waals surface area contributed by atoms with E-state index in [1.165, 1.54) is 0 Å². The maximum Gasteiger partial charge on any atom is 0.412 e. The highest BCUT2D eigenvalue weighted by Gasteiger charge is 2.26. The first kappa shape index (κ1) is 48.8. The number of nitrogen functional groups attached to an aromatic ring is 1. The molecular weight excluding hydrogens is 903 g/mol. The van der Waals surface area contributed by atoms with Crippen molar-refractivity contribution in [3.05, 3.63) is 131 Å². The molecule has 66 heavy (non-hydrogen) atoms. The molecule has 4 aromatic heterocycles. The largest absolute Gasteiger partial charge is 0.444 e. The Bertz CT molecular complexity index is 2560. The monoisotopic (exact) mass is 952 g/mol. The van der Waals surface area contributed by atoms with Crippen molar-refractivity contribution in [1.29, 1.82) is 0 Å². The Kier molecular flexibility index (Phi) is 16.7. The van der Waals surface area contributed by atoms with Gasteiger partial charge in [0.05, 0.1) is 33.8 Å². The molecule has 0 aliphatic carbocycles. The lowest BCUT2D eigenvalue weighted by Crippen LogP contribution is -2.42. The first-order valence-corrected chi connectivity index (χ1v) is 22.0. The van der Waals surface area contributed by atoms with E-state index in [9.17, 15) is 14.4 Å². The minimum absolute atomic E-state index is 0. The maximum absolute atomic E-state index is 13.0. The third kappa shape index (κ3) is 13.5. The Morgan fingerprint density at radius 3 is 1.47 bits per heavy atom. The van der Waals surface area contributed by atoms with Crippen LogP contribution >= 0.6 is 35.6 Å². The van der Waals surface area contributed by atoms with Gasteiger partial charge in [-0.3, -0.25) is 24.9 Å². The molecule has 2 fully saturated rings. The highest BCUT2D eigenvalue weighted by molar-refractivity contribution is 6.33. The Labute approximate surface area is 399 Å². The molecule has 0 saturated carbocycles. The first-order chi connectivity index (χ1) is 31.3. The third-order valence-corrected chi connectivity index (χ3v) is 11.1. The summed E-state index contributed by atoms with van der Waals surface area (Å²) in [7, 11) is 0. The van der Waals surface area contributed by atoms with Crippen molar-refractivity contribution in [3.63, 3.8) is 0 Å². The second-order valence-corrected chi connectivity index (χ2v) is 17.3. The molecule has 3 amide bonds. The number of rotatable bonds is 9. The van der Waals surface area contributed by atoms with Gasteiger partial charge in [-0.05, 0) is 119 Å². The van der Waals surface area contributed by atoms with Gasteiger partial charge in [-0.15, -0.1) is 12.4 Å². The number of piperidine rings is 2. The molecular formula is C47H51Cl3N12O4. The number of nitrogens with two attached hydrogens (primary N) is 1. The van der Waals surface area contributed by atoms with E-state index in [1.54, 1.807) is 106 Å². The number of halogens is 3. The van der Waals surface area contributed by atoms with Crippen LogP contribution in [0.2, 0.25) is 10.0 Å². The van der Waals surface area contributed by atoms with Crippen molar-refractivity contribution in [1.82, 2.24) is 39.7 Å². The van der Waals surface area contributed by atoms with Crippen LogP contribution in [0.1, 0.15) is 67.2 Å². The van der Waals surface area contributed by atoms with Crippen LogP contribution in [0.25, 0.3) is 22.5 Å². The van der Waals surface area contributed by atoms with Crippen LogP contribution in [0.15, 0.2) is 110 Å². The average Bonchev–Trinajstić information content (AvgIpc) is 3.31. The minimum atomic E-state index is -0.581. The summed E-state index contributed by atoms with van der Waals surface area (Å²) in [4.78, 5) is 67.2. The number of likely N-dealkylation sites (tertiary alicyclic amines) is 2. The Hall–Kier alpha value is -6.62. The number of pyridine rings is 2. The lowest BCUT2D eigenvalue weighted by Gasteiger charge is -2.32. The second kappa shape index (κ2) is 22.5. The van der Waals surface area contributed by atoms with Crippen LogP contribution in [0.4, 0.5) is 28.1 Å². The van der Waals surface area contributed by atoms with Crippen LogP contribution in [0.5, 0.6) is 0 Å². The Balaban J connectivity index is 0.000000220. The molecule has 0 radical (unpaired) electrons. The van der Waals surface area contributed by atoms with E-state index in [0.717, 1.165) is 36.8 Å². The summed E-state index contributed by atoms with van der Waals surface area (Å²) in [6.07, 6.45) is 12.6. The van der Waals surface area contributed by atoms with Crippen LogP contribution in [-0.4, -0.2) is 101 Å². The molecule has 0 unspecified atom stereocenters. The molecule has 5 N–H and O–H groups in total. The number of amides is 3. The SMILES string of the molecule is CC(C)(C)OC(=O)Nc1ccc(C(=O)N2CCC(Nc3ncc(Cl)c(-c4cccnc4)n3)CC2)cc1.Cl.Nc1ccc(C(=O)N2CCC(Nc3ncc(Cl)c(-c4cccnc4)n3)CC2)cc1. The van der Waals surface area contributed by atoms with Crippen LogP contribution in [0, 0.1) is 0 Å². The number of benzene rings is 2. The van der Waals surface area contributed by atoms with E-state index < -0.39 is 11.7 Å². The van der Waals surface area contributed by atoms with E-state index in [-0.39, 0.29) is 36.3 Å². The van der Waals surface area contributed by atoms with Gasteiger partial charge in [-0.1, -0.05) is 23.2 Å². The highest BCUT2D eigenvalue weighted by atomic mass is 35.5. The normalized spacial score (nSPS) is 14.2. The Morgan fingerprint density at radius 2 is 1.08 bits per heavy atom. The molecule has 2 saturated heterocycles. The first-order valence-electron chi connectivity index (χ1n) is 21.2. The smallest absolute Gasteiger partial charge is 0.412 e. The molecule has 6 aromatic rings. The number of hydrogen-bond donors (Lipinski definition) is 4. The third-order valence-electron chi connectivity index (χ3n) is 10.5. The van der Waals surface area contributed by atoms with E-state index in [0.29, 0.717) is 82.0 Å². The number of anilines is 4. The second-order valence-electron chi connectivity index (χ2n) is 16.5. The average molecular weight is 954 g/mol. The Morgan fingerprint density at radius 1 is 0.652 bits per heavy atom. The van der Waals surface area contributed by atoms with Gasteiger partial charge in [0.15, 0.2) is 0 Å². The van der Waals surface area contributed by atoms with Gasteiger partial charge < -0.3 is 30.9 Å². The number of carbonyl (C=O) groups is 3. The molecule has 16 nitrogen and oxygen atoms in total. The fourth-order valence-electron chi connectivity index (χ4n) is 7.21. The van der Waals surface area contributed by atoms with Crippen molar-refractivity contribution in [3.8, 4) is 22.5 Å². The molecule has 2 aliphatic rings. The van der Waals surface area contributed by atoms with Gasteiger partial charge in [0.2, 0.25) is 11.9 Å². The minimum Gasteiger partial charge on any atom is -0.444 e. The van der Waals surface area contributed by atoms with Crippen molar-refractivity contribution in [2.24, 2.45) is 0 Å². The number of nitrogens with one attached hydrogen (secondary N) is 3. The van der Waals surface area contributed by atoms with Crippen molar-refractivity contribution >= 4 is 76.8 Å². The summed E-state index contributed by atoms with van der Waals surface area (Å²) in [5.74, 6) is 1.01. The van der Waals surface area contributed by atoms with Gasteiger partial charge in [-0.25, -0.2) is 24.7 Å². The maximum atomic E-state index is 13.0. The van der Waals surface area contributed by atoms with Crippen LogP contribution in [0.3, 0.4) is 0 Å². The summed E-state index contributed by atoms with van der Waals surface area (Å²) in [5, 5.41) is 10.3. The van der Waals surface area contributed by atoms with E-state index in [4.69, 9.17) is 33.7 Å². The van der Waals surface area contributed by atoms with Crippen LogP contribution < -0.4 is 21.7 Å². The van der Waals surface area contributed by atoms with Crippen molar-refractivity contribution in [2.45, 2.75) is 64.1 Å². The predicted molar refractivity (Wildman–Crippen MR) is 260 cm³/mol. The summed E-state index contributed by atoms with van der Waals surface area (Å²) in [6, 6.07) is 21.7. The summed E-state index contributed by atoms with van der Waals surface area (Å²) >= 11 is 12.6. The lowest BCUT2D eigenvalue weighted by atomic mass is 10.0. The van der Waals surface area contributed by atoms with E-state index >= 15 is 0 Å². The van der Waals surface area contributed by atoms with E-state index in [2.05, 4.69) is 45.9 Å². The topological polar surface area (TPSA) is 206 Å². The number of aromatic nitrogens is 6. The van der Waals surface area contributed by atoms with Crippen molar-refractivity contribution < 1.29 is 19.1 Å². The zero-order valence-electron chi connectivity index (χ0n) is 36.7. The fraction of sp³-hybridized carbons (Fsp3) is 0.298. The number of hydrogen-bond acceptors (Lipinski definition) is 13. The quantitative estimate of drug-likeness (QED) is 0.0999. The van der Waals surface area contributed by atoms with Gasteiger partial charge in [0.25, 0.3) is 11.8 Å². The molecule has 2 aromatic carbocycles. The number of nitrogens with zero attached hydrogens (tertiary/aromatic N) is 8. The fourth-order valence-corrected chi connectivity index (χ4v) is 7.61. The number of carbonyl (C=O) groups excluding carboxylic acids is 3. The van der Waals surface area contributed by atoms with E-state index in [1.807, 2.05) is 34.1 Å². The molecule has 6 heterocycles. The highest BCUT2D eigenvalue weighted by Crippen LogP contribution is 2.28. The van der Waals surface area contributed by atoms with Gasteiger partial charge in [0.1, 0.15) is 5.60 Å². The summed E-state index contributed by atoms with van der Waals surface area (Å²) < 4.78 is 5.25. The molecule has 19 heteroatoms. The molecule has 2 aliphatic heterocycles. The molecule has 8 rings (SSSR count). The summed E-state index contributed by atoms with van der Waals surface area (Å²) in [5.41, 5.74) is 10.5. The number of ether oxygens (including phenoxy) is 1. The van der Waals surface area contributed by atoms with Crippen LogP contribution in [-0.2, 0) is 4.74 Å².